The van der Waals surface area contributed by atoms with Gasteiger partial charge in [0.2, 0.25) is 53.2 Å². The maximum absolute atomic E-state index is 15.4. The number of carboxylic acid groups (broad SMARTS) is 2. The summed E-state index contributed by atoms with van der Waals surface area (Å²) in [6, 6.07) is 2.97. The Kier molecular flexibility index (Phi) is 25.8. The van der Waals surface area contributed by atoms with E-state index in [9.17, 15) is 67.3 Å². The number of nitrogens with zero attached hydrogens (tertiary/aromatic N) is 2. The van der Waals surface area contributed by atoms with E-state index in [4.69, 9.17) is 18.0 Å². The van der Waals surface area contributed by atoms with Crippen molar-refractivity contribution in [1.82, 2.24) is 46.7 Å². The van der Waals surface area contributed by atoms with Crippen molar-refractivity contribution in [1.29, 1.82) is 0 Å². The van der Waals surface area contributed by atoms with Crippen molar-refractivity contribution in [2.45, 2.75) is 142 Å². The minimum atomic E-state index is -1.87. The van der Waals surface area contributed by atoms with Crippen LogP contribution in [0.25, 0.3) is 11.1 Å². The summed E-state index contributed by atoms with van der Waals surface area (Å²) >= 11 is 0. The number of nitrogens with two attached hydrogens (primary N) is 2. The highest BCUT2D eigenvalue weighted by Crippen LogP contribution is 2.41. The molecule has 0 aliphatic heterocycles. The molecule has 0 aliphatic rings. The lowest BCUT2D eigenvalue weighted by Gasteiger charge is -2.41. The van der Waals surface area contributed by atoms with E-state index < -0.39 is 176 Å². The van der Waals surface area contributed by atoms with Crippen LogP contribution in [0.4, 0.5) is 8.78 Å². The number of amides is 9. The highest BCUT2D eigenvalue weighted by molar-refractivity contribution is 5.97. The molecule has 2 aromatic carbocycles. The van der Waals surface area contributed by atoms with Crippen molar-refractivity contribution in [3.8, 4) is 11.1 Å². The summed E-state index contributed by atoms with van der Waals surface area (Å²) in [5, 5.41) is 43.5. The summed E-state index contributed by atoms with van der Waals surface area (Å²) in [5.41, 5.74) is 11.3. The van der Waals surface area contributed by atoms with E-state index in [1.165, 1.54) is 25.7 Å². The summed E-state index contributed by atoms with van der Waals surface area (Å²) in [4.78, 5) is 144. The third-order valence-electron chi connectivity index (χ3n) is 12.6. The first-order valence-corrected chi connectivity index (χ1v) is 26.1. The highest BCUT2D eigenvalue weighted by atomic mass is 19.1. The molecule has 1 aromatic heterocycles. The summed E-state index contributed by atoms with van der Waals surface area (Å²) in [7, 11) is 0. The van der Waals surface area contributed by atoms with Gasteiger partial charge in [-0.1, -0.05) is 51.1 Å². The first kappa shape index (κ1) is 65.2. The van der Waals surface area contributed by atoms with Crippen LogP contribution in [0.5, 0.6) is 0 Å². The smallest absolute Gasteiger partial charge is 0.326 e. The Hall–Kier alpha value is -8.33. The van der Waals surface area contributed by atoms with Crippen molar-refractivity contribution in [2.24, 2.45) is 16.9 Å². The third kappa shape index (κ3) is 22.0. The fourth-order valence-electron chi connectivity index (χ4n) is 8.57. The number of rotatable bonds is 33. The number of nitrogens with one attached hydrogen (secondary N) is 7. The van der Waals surface area contributed by atoms with E-state index in [-0.39, 0.29) is 24.1 Å². The molecule has 0 radical (unpaired) electrons. The molecule has 0 saturated carbocycles. The minimum Gasteiger partial charge on any atom is -0.481 e. The Morgan fingerprint density at radius 3 is 1.98 bits per heavy atom. The molecule has 14 N–H and O–H groups in total. The van der Waals surface area contributed by atoms with E-state index in [1.807, 2.05) is 12.1 Å². The summed E-state index contributed by atoms with van der Waals surface area (Å²) in [6.45, 7) is 7.17. The SMILES string of the molecule is [2H]N(C(=O)[C@H](CCCCN)NC(C)=O)[C@@H](C)C(=O)N[C@@H](C)C(=O)N[C@@H](CC(N)=O)C(=O)N[C@@H](CCN(C(=O)CO)[C@@H](c1cc(-c2cc(F)ccc2F)cn1Cc1ccccc1)C(C)(C)C)C(=O)NCCC(=O)N[C@H](CCC(=O)O)C(=O)O. The molecule has 0 unspecified atom stereocenters. The standard InChI is InChI=1S/C54H75F2N11O14/c1-30(61-51(78)38(62-32(3)69)14-10-11-21-57)48(75)60-31(2)49(76)65-41(26-43(58)70)52(79)64-39(50(77)59-22-19-44(71)63-40(53(80)81)17-18-46(73)74)20-23-67(45(72)29-68)47(54(4,5)6)42-24-34(36-25-35(55)15-16-37(36)56)28-66(42)27-33-12-8-7-9-13-33/h7-9,12-13,15-16,24-25,28,30-31,38-41,47,68H,10-11,14,17-23,26-27,29,57H2,1-6H3,(H2,58,70)(H,59,77)(H,60,75)(H,61,78)(H,62,69)(H,63,71)(H,64,79)(H,65,76)(H,73,74)(H,80,81)/t30-,31-,38-,39-,40+,41-,47-/m0/s1/i/hD. The molecule has 3 rings (SSSR count). The molecule has 25 nitrogen and oxygen atoms in total. The molecule has 7 atom stereocenters. The van der Waals surface area contributed by atoms with Gasteiger partial charge in [0.1, 0.15) is 54.5 Å². The van der Waals surface area contributed by atoms with Crippen LogP contribution < -0.4 is 48.7 Å². The molecule has 3 aromatic rings. The highest BCUT2D eigenvalue weighted by Gasteiger charge is 2.39. The fraction of sp³-hybridized carbons (Fsp3) is 0.500. The number of primary amides is 1. The minimum absolute atomic E-state index is 0.106. The van der Waals surface area contributed by atoms with Crippen LogP contribution in [0.2, 0.25) is 1.41 Å². The van der Waals surface area contributed by atoms with Crippen molar-refractivity contribution in [3.05, 3.63) is 83.7 Å². The zero-order chi connectivity index (χ0) is 61.6. The van der Waals surface area contributed by atoms with Crippen LogP contribution in [0.15, 0.2) is 60.8 Å². The molecule has 9 amide bonds. The Labute approximate surface area is 468 Å². The molecular weight excluding hydrogens is 1060 g/mol. The quantitative estimate of drug-likeness (QED) is 0.0363. The first-order chi connectivity index (χ1) is 38.5. The van der Waals surface area contributed by atoms with Gasteiger partial charge in [0.25, 0.3) is 0 Å². The number of hydrogen-bond donors (Lipinski definition) is 12. The summed E-state index contributed by atoms with van der Waals surface area (Å²) in [6.07, 6.45) is -0.447. The van der Waals surface area contributed by atoms with Crippen LogP contribution in [-0.2, 0) is 59.3 Å². The van der Waals surface area contributed by atoms with Gasteiger partial charge in [0, 0.05) is 62.4 Å². The monoisotopic (exact) mass is 1140 g/mol. The number of aliphatic hydroxyl groups excluding tert-OH is 1. The average molecular weight is 1140 g/mol. The number of unbranched alkanes of at least 4 members (excludes halogenated alkanes) is 1. The number of halogens is 2. The molecule has 0 spiro atoms. The Bertz CT molecular complexity index is 2760. The second kappa shape index (κ2) is 32.1. The van der Waals surface area contributed by atoms with Crippen LogP contribution >= 0.6 is 0 Å². The van der Waals surface area contributed by atoms with Gasteiger partial charge in [0.05, 0.1) is 12.5 Å². The van der Waals surface area contributed by atoms with Crippen LogP contribution in [-0.4, -0.2) is 152 Å². The van der Waals surface area contributed by atoms with Gasteiger partial charge in [0.15, 0.2) is 1.41 Å². The van der Waals surface area contributed by atoms with Gasteiger partial charge in [-0.2, -0.15) is 0 Å². The average Bonchev–Trinajstić information content (AvgIpc) is 4.06. The van der Waals surface area contributed by atoms with Gasteiger partial charge < -0.3 is 73.5 Å². The fourth-order valence-corrected chi connectivity index (χ4v) is 8.57. The topological polar surface area (TPSA) is 393 Å². The van der Waals surface area contributed by atoms with E-state index in [0.717, 1.165) is 23.8 Å². The van der Waals surface area contributed by atoms with Gasteiger partial charge in [-0.15, -0.1) is 0 Å². The largest absolute Gasteiger partial charge is 0.481 e. The van der Waals surface area contributed by atoms with E-state index in [0.29, 0.717) is 30.4 Å². The first-order valence-electron chi connectivity index (χ1n) is 26.5. The van der Waals surface area contributed by atoms with Crippen molar-refractivity contribution in [2.75, 3.05) is 26.2 Å². The molecular formula is C54H75F2N11O14. The van der Waals surface area contributed by atoms with Crippen LogP contribution in [0.1, 0.15) is 110 Å². The molecule has 0 aliphatic carbocycles. The third-order valence-corrected chi connectivity index (χ3v) is 12.6. The van der Waals surface area contributed by atoms with E-state index in [2.05, 4.69) is 31.9 Å². The van der Waals surface area contributed by atoms with E-state index in [1.54, 1.807) is 55.8 Å². The number of carbonyl (C=O) groups excluding carboxylic acids is 9. The maximum atomic E-state index is 15.4. The molecule has 81 heavy (non-hydrogen) atoms. The number of carboxylic acids is 2. The van der Waals surface area contributed by atoms with Crippen LogP contribution in [0, 0.1) is 17.0 Å². The van der Waals surface area contributed by atoms with Gasteiger partial charge >= 0.3 is 11.9 Å². The normalized spacial score (nSPS) is 14.0. The predicted octanol–water partition coefficient (Wildman–Crippen LogP) is 0.208. The number of benzene rings is 2. The van der Waals surface area contributed by atoms with Gasteiger partial charge in [-0.05, 0) is 87.7 Å². The number of carbonyl (C=O) groups is 11. The lowest BCUT2D eigenvalue weighted by atomic mass is 9.82. The number of hydrogen-bond acceptors (Lipinski definition) is 13. The Morgan fingerprint density at radius 2 is 1.38 bits per heavy atom. The maximum Gasteiger partial charge on any atom is 0.326 e. The number of aliphatic carboxylic acids is 2. The number of aromatic nitrogens is 1. The second-order valence-corrected chi connectivity index (χ2v) is 20.3. The van der Waals surface area contributed by atoms with Gasteiger partial charge in [-0.25, -0.2) is 13.6 Å². The van der Waals surface area contributed by atoms with Crippen molar-refractivity contribution < 1.29 is 78.3 Å². The number of aliphatic hydroxyl groups is 1. The summed E-state index contributed by atoms with van der Waals surface area (Å²) in [5.74, 6) is -13.1. The summed E-state index contributed by atoms with van der Waals surface area (Å²) < 4.78 is 40.2. The Balaban J connectivity index is 2.04. The molecule has 0 bridgehead atoms. The Morgan fingerprint density at radius 1 is 0.741 bits per heavy atom. The van der Waals surface area contributed by atoms with Crippen molar-refractivity contribution >= 4 is 65.1 Å². The molecule has 444 valence electrons. The second-order valence-electron chi connectivity index (χ2n) is 20.3. The molecule has 0 saturated heterocycles. The van der Waals surface area contributed by atoms with Gasteiger partial charge in [-0.3, -0.25) is 47.9 Å². The van der Waals surface area contributed by atoms with E-state index >= 15 is 4.39 Å². The zero-order valence-corrected chi connectivity index (χ0v) is 46.1. The molecule has 1 heterocycles. The molecule has 27 heteroatoms. The van der Waals surface area contributed by atoms with Crippen LogP contribution in [0.3, 0.4) is 0 Å². The lowest BCUT2D eigenvalue weighted by molar-refractivity contribution is -0.143. The molecule has 0 fully saturated rings. The van der Waals surface area contributed by atoms with Crippen molar-refractivity contribution in [3.63, 3.8) is 0 Å². The zero-order valence-electron chi connectivity index (χ0n) is 47.1. The predicted molar refractivity (Wildman–Crippen MR) is 288 cm³/mol. The lowest BCUT2D eigenvalue weighted by Crippen LogP contribution is -2.59.